The molecule has 5 heteroatoms. The first-order chi connectivity index (χ1) is 7.00. The van der Waals surface area contributed by atoms with Crippen LogP contribution in [0.25, 0.3) is 0 Å². The smallest absolute Gasteiger partial charge is 0.285 e. The minimum absolute atomic E-state index is 0.0287. The van der Waals surface area contributed by atoms with Gasteiger partial charge in [0.2, 0.25) is 0 Å². The minimum Gasteiger partial charge on any atom is -0.377 e. The number of halogens is 1. The van der Waals surface area contributed by atoms with Crippen molar-refractivity contribution in [1.29, 1.82) is 0 Å². The highest BCUT2D eigenvalue weighted by molar-refractivity contribution is 6.32. The normalized spacial score (nSPS) is 16.5. The van der Waals surface area contributed by atoms with Crippen molar-refractivity contribution in [3.8, 4) is 0 Å². The lowest BCUT2D eigenvalue weighted by molar-refractivity contribution is 0.494. The molecule has 0 bridgehead atoms. The van der Waals surface area contributed by atoms with E-state index in [0.29, 0.717) is 11.6 Å². The Labute approximate surface area is 93.0 Å². The molecular formula is C10H14ClN3O. The van der Waals surface area contributed by atoms with Crippen molar-refractivity contribution >= 4 is 17.3 Å². The number of rotatable bonds is 3. The van der Waals surface area contributed by atoms with Gasteiger partial charge in [0.15, 0.2) is 0 Å². The highest BCUT2D eigenvalue weighted by Gasteiger charge is 2.38. The lowest BCUT2D eigenvalue weighted by Gasteiger charge is -2.27. The molecule has 1 heterocycles. The second-order valence-electron chi connectivity index (χ2n) is 4.55. The average Bonchev–Trinajstić information content (AvgIpc) is 2.95. The Morgan fingerprint density at radius 3 is 2.87 bits per heavy atom. The van der Waals surface area contributed by atoms with Gasteiger partial charge in [-0.15, -0.1) is 0 Å². The van der Waals surface area contributed by atoms with Gasteiger partial charge >= 0.3 is 0 Å². The standard InChI is InChI=1S/C10H14ClN3O/c1-10(2,6-3-4-6)13-7-5-12-14-9(15)8(7)11/h5-6H,3-4H2,1-2H3,(H2,13,14,15). The number of aromatic amines is 1. The van der Waals surface area contributed by atoms with Crippen LogP contribution in [0.5, 0.6) is 0 Å². The van der Waals surface area contributed by atoms with Gasteiger partial charge in [-0.3, -0.25) is 4.79 Å². The van der Waals surface area contributed by atoms with Crippen molar-refractivity contribution in [2.24, 2.45) is 5.92 Å². The Hall–Kier alpha value is -1.03. The predicted molar refractivity (Wildman–Crippen MR) is 60.3 cm³/mol. The van der Waals surface area contributed by atoms with Crippen LogP contribution in [0.2, 0.25) is 5.02 Å². The van der Waals surface area contributed by atoms with E-state index >= 15 is 0 Å². The van der Waals surface area contributed by atoms with Crippen LogP contribution in [0.15, 0.2) is 11.0 Å². The molecule has 0 radical (unpaired) electrons. The largest absolute Gasteiger partial charge is 0.377 e. The maximum atomic E-state index is 11.2. The summed E-state index contributed by atoms with van der Waals surface area (Å²) >= 11 is 5.88. The number of H-pyrrole nitrogens is 1. The Morgan fingerprint density at radius 1 is 1.60 bits per heavy atom. The molecule has 0 aliphatic heterocycles. The van der Waals surface area contributed by atoms with E-state index in [4.69, 9.17) is 11.6 Å². The fourth-order valence-electron chi connectivity index (χ4n) is 1.72. The Bertz CT molecular complexity index is 423. The molecule has 0 spiro atoms. The Kier molecular flexibility index (Phi) is 2.46. The van der Waals surface area contributed by atoms with E-state index < -0.39 is 0 Å². The molecule has 82 valence electrons. The van der Waals surface area contributed by atoms with Gasteiger partial charge in [0.25, 0.3) is 5.56 Å². The van der Waals surface area contributed by atoms with Crippen molar-refractivity contribution in [2.45, 2.75) is 32.2 Å². The number of hydrogen-bond donors (Lipinski definition) is 2. The first kappa shape index (κ1) is 10.5. The van der Waals surface area contributed by atoms with Gasteiger partial charge < -0.3 is 5.32 Å². The third-order valence-corrected chi connectivity index (χ3v) is 3.23. The van der Waals surface area contributed by atoms with Crippen LogP contribution in [0.4, 0.5) is 5.69 Å². The summed E-state index contributed by atoms with van der Waals surface area (Å²) in [4.78, 5) is 11.2. The number of nitrogens with zero attached hydrogens (tertiary/aromatic N) is 1. The quantitative estimate of drug-likeness (QED) is 0.831. The first-order valence-corrected chi connectivity index (χ1v) is 5.40. The Morgan fingerprint density at radius 2 is 2.27 bits per heavy atom. The minimum atomic E-state index is -0.353. The average molecular weight is 228 g/mol. The van der Waals surface area contributed by atoms with Crippen LogP contribution in [-0.4, -0.2) is 15.7 Å². The second-order valence-corrected chi connectivity index (χ2v) is 4.93. The zero-order chi connectivity index (χ0) is 11.1. The van der Waals surface area contributed by atoms with E-state index in [1.807, 2.05) is 0 Å². The highest BCUT2D eigenvalue weighted by Crippen LogP contribution is 2.41. The zero-order valence-electron chi connectivity index (χ0n) is 8.80. The van der Waals surface area contributed by atoms with Gasteiger partial charge in [-0.05, 0) is 32.6 Å². The molecule has 1 aromatic rings. The summed E-state index contributed by atoms with van der Waals surface area (Å²) in [6.45, 7) is 4.23. The van der Waals surface area contributed by atoms with Crippen LogP contribution in [-0.2, 0) is 0 Å². The predicted octanol–water partition coefficient (Wildman–Crippen LogP) is 2.02. The topological polar surface area (TPSA) is 57.8 Å². The van der Waals surface area contributed by atoms with Gasteiger partial charge in [-0.25, -0.2) is 5.10 Å². The van der Waals surface area contributed by atoms with Crippen LogP contribution >= 0.6 is 11.6 Å². The maximum absolute atomic E-state index is 11.2. The summed E-state index contributed by atoms with van der Waals surface area (Å²) in [5.41, 5.74) is 0.227. The molecule has 1 fully saturated rings. The molecule has 4 nitrogen and oxygen atoms in total. The van der Waals surface area contributed by atoms with Crippen LogP contribution in [0.1, 0.15) is 26.7 Å². The molecule has 0 amide bonds. The summed E-state index contributed by atoms with van der Waals surface area (Å²) in [5, 5.41) is 9.47. The molecule has 2 N–H and O–H groups in total. The summed E-state index contributed by atoms with van der Waals surface area (Å²) < 4.78 is 0. The van der Waals surface area contributed by atoms with Gasteiger partial charge in [-0.2, -0.15) is 5.10 Å². The highest BCUT2D eigenvalue weighted by atomic mass is 35.5. The molecule has 0 saturated heterocycles. The molecular weight excluding hydrogens is 214 g/mol. The number of nitrogens with one attached hydrogen (secondary N) is 2. The number of hydrogen-bond acceptors (Lipinski definition) is 3. The lowest BCUT2D eigenvalue weighted by Crippen LogP contribution is -2.34. The third-order valence-electron chi connectivity index (χ3n) is 2.85. The molecule has 2 rings (SSSR count). The molecule has 0 atom stereocenters. The summed E-state index contributed by atoms with van der Waals surface area (Å²) in [6.07, 6.45) is 4.01. The molecule has 1 saturated carbocycles. The number of anilines is 1. The van der Waals surface area contributed by atoms with Gasteiger partial charge in [0.1, 0.15) is 5.02 Å². The first-order valence-electron chi connectivity index (χ1n) is 5.02. The van der Waals surface area contributed by atoms with E-state index in [-0.39, 0.29) is 16.1 Å². The molecule has 1 aliphatic rings. The van der Waals surface area contributed by atoms with Crippen molar-refractivity contribution in [1.82, 2.24) is 10.2 Å². The Balaban J connectivity index is 2.23. The van der Waals surface area contributed by atoms with Crippen molar-refractivity contribution < 1.29 is 0 Å². The number of aromatic nitrogens is 2. The van der Waals surface area contributed by atoms with Gasteiger partial charge in [0.05, 0.1) is 11.9 Å². The van der Waals surface area contributed by atoms with E-state index in [0.717, 1.165) is 0 Å². The van der Waals surface area contributed by atoms with E-state index in [2.05, 4.69) is 29.4 Å². The lowest BCUT2D eigenvalue weighted by atomic mass is 9.98. The molecule has 15 heavy (non-hydrogen) atoms. The monoisotopic (exact) mass is 227 g/mol. The molecule has 0 aromatic carbocycles. The van der Waals surface area contributed by atoms with E-state index in [1.165, 1.54) is 12.8 Å². The van der Waals surface area contributed by atoms with Crippen LogP contribution in [0.3, 0.4) is 0 Å². The van der Waals surface area contributed by atoms with Crippen LogP contribution < -0.4 is 10.9 Å². The fourth-order valence-corrected chi connectivity index (χ4v) is 1.86. The van der Waals surface area contributed by atoms with E-state index in [9.17, 15) is 4.79 Å². The maximum Gasteiger partial charge on any atom is 0.285 e. The van der Waals surface area contributed by atoms with Crippen molar-refractivity contribution in [2.75, 3.05) is 5.32 Å². The summed E-state index contributed by atoms with van der Waals surface area (Å²) in [7, 11) is 0. The fraction of sp³-hybridized carbons (Fsp3) is 0.600. The van der Waals surface area contributed by atoms with Crippen LogP contribution in [0, 0.1) is 5.92 Å². The van der Waals surface area contributed by atoms with Crippen molar-refractivity contribution in [3.05, 3.63) is 21.6 Å². The summed E-state index contributed by atoms with van der Waals surface area (Å²) in [6, 6.07) is 0. The van der Waals surface area contributed by atoms with Gasteiger partial charge in [-0.1, -0.05) is 11.6 Å². The third kappa shape index (κ3) is 2.15. The molecule has 0 unspecified atom stereocenters. The van der Waals surface area contributed by atoms with Gasteiger partial charge in [0, 0.05) is 5.54 Å². The summed E-state index contributed by atoms with van der Waals surface area (Å²) in [5.74, 6) is 0.660. The second kappa shape index (κ2) is 3.52. The SMILES string of the molecule is CC(C)(Nc1cn[nH]c(=O)c1Cl)C1CC1. The van der Waals surface area contributed by atoms with E-state index in [1.54, 1.807) is 6.20 Å². The molecule has 1 aromatic heterocycles. The molecule has 1 aliphatic carbocycles. The van der Waals surface area contributed by atoms with Crippen molar-refractivity contribution in [3.63, 3.8) is 0 Å². The zero-order valence-corrected chi connectivity index (χ0v) is 9.56.